The van der Waals surface area contributed by atoms with Crippen molar-refractivity contribution in [3.05, 3.63) is 70.8 Å². The monoisotopic (exact) mass is 435 g/mol. The minimum absolute atomic E-state index is 0.0289. The molecule has 0 aromatic heterocycles. The molecule has 1 heterocycles. The number of hydrogen-bond acceptors (Lipinski definition) is 3. The van der Waals surface area contributed by atoms with Crippen molar-refractivity contribution in [2.75, 3.05) is 40.3 Å². The van der Waals surface area contributed by atoms with Crippen LogP contribution in [0.15, 0.2) is 53.5 Å². The van der Waals surface area contributed by atoms with Gasteiger partial charge in [-0.25, -0.2) is 4.99 Å². The maximum Gasteiger partial charge on any atom is 0.253 e. The molecule has 0 bridgehead atoms. The molecule has 1 aliphatic rings. The molecule has 0 radical (unpaired) electrons. The minimum atomic E-state index is 0.0289. The fraction of sp³-hybridized carbons (Fsp3) is 0.462. The number of aliphatic imine (C=N–C) groups is 1. The van der Waals surface area contributed by atoms with Crippen LogP contribution in [0.2, 0.25) is 0 Å². The number of nitrogens with one attached hydrogen (secondary N) is 2. The molecule has 2 aromatic carbocycles. The zero-order valence-corrected chi connectivity index (χ0v) is 19.7. The van der Waals surface area contributed by atoms with Gasteiger partial charge in [0, 0.05) is 39.3 Å². The lowest BCUT2D eigenvalue weighted by Gasteiger charge is -2.15. The summed E-state index contributed by atoms with van der Waals surface area (Å²) in [5.74, 6) is 0.843. The molecule has 0 unspecified atom stereocenters. The number of nitrogens with zero attached hydrogens (tertiary/aromatic N) is 3. The standard InChI is InChI=1S/C26H37N5O/c1-4-27-26(28-15-14-21-8-7-9-24(18-21)25(32)30(2)3)29-19-22-10-12-23(13-11-22)20-31-16-5-6-17-31/h7-13,18H,4-6,14-17,19-20H2,1-3H3,(H2,27,28,29). The smallest absolute Gasteiger partial charge is 0.253 e. The average Bonchev–Trinajstić information content (AvgIpc) is 3.31. The van der Waals surface area contributed by atoms with Crippen LogP contribution in [-0.2, 0) is 19.5 Å². The molecule has 1 saturated heterocycles. The maximum atomic E-state index is 12.2. The lowest BCUT2D eigenvalue weighted by atomic mass is 10.1. The number of likely N-dealkylation sites (tertiary alicyclic amines) is 1. The van der Waals surface area contributed by atoms with Gasteiger partial charge in [-0.05, 0) is 68.1 Å². The third-order valence-corrected chi connectivity index (χ3v) is 5.68. The summed E-state index contributed by atoms with van der Waals surface area (Å²) in [6.45, 7) is 7.77. The molecule has 0 aliphatic carbocycles. The van der Waals surface area contributed by atoms with E-state index in [4.69, 9.17) is 4.99 Å². The van der Waals surface area contributed by atoms with Gasteiger partial charge in [-0.3, -0.25) is 9.69 Å². The number of hydrogen-bond donors (Lipinski definition) is 2. The van der Waals surface area contributed by atoms with Crippen LogP contribution in [0.4, 0.5) is 0 Å². The molecule has 172 valence electrons. The van der Waals surface area contributed by atoms with Crippen LogP contribution in [0.5, 0.6) is 0 Å². The van der Waals surface area contributed by atoms with E-state index in [2.05, 4.69) is 52.8 Å². The van der Waals surface area contributed by atoms with Gasteiger partial charge in [-0.1, -0.05) is 36.4 Å². The van der Waals surface area contributed by atoms with E-state index in [0.29, 0.717) is 6.54 Å². The molecule has 6 heteroatoms. The van der Waals surface area contributed by atoms with Crippen molar-refractivity contribution in [3.8, 4) is 0 Å². The summed E-state index contributed by atoms with van der Waals surface area (Å²) in [6, 6.07) is 16.7. The Kier molecular flexibility index (Phi) is 9.11. The number of guanidine groups is 1. The van der Waals surface area contributed by atoms with Gasteiger partial charge < -0.3 is 15.5 Å². The summed E-state index contributed by atoms with van der Waals surface area (Å²) in [5.41, 5.74) is 4.44. The third-order valence-electron chi connectivity index (χ3n) is 5.68. The van der Waals surface area contributed by atoms with Crippen LogP contribution < -0.4 is 10.6 Å². The first-order valence-corrected chi connectivity index (χ1v) is 11.7. The number of carbonyl (C=O) groups excluding carboxylic acids is 1. The van der Waals surface area contributed by atoms with Crippen molar-refractivity contribution in [1.29, 1.82) is 0 Å². The van der Waals surface area contributed by atoms with Crippen molar-refractivity contribution >= 4 is 11.9 Å². The van der Waals surface area contributed by atoms with E-state index < -0.39 is 0 Å². The Morgan fingerprint density at radius 3 is 2.41 bits per heavy atom. The molecule has 1 amide bonds. The Balaban J connectivity index is 1.50. The molecule has 1 fully saturated rings. The first-order valence-electron chi connectivity index (χ1n) is 11.7. The molecular formula is C26H37N5O. The van der Waals surface area contributed by atoms with Crippen LogP contribution in [0, 0.1) is 0 Å². The summed E-state index contributed by atoms with van der Waals surface area (Å²) in [5, 5.41) is 6.72. The van der Waals surface area contributed by atoms with E-state index in [1.165, 1.54) is 37.1 Å². The highest BCUT2D eigenvalue weighted by atomic mass is 16.2. The van der Waals surface area contributed by atoms with Crippen molar-refractivity contribution < 1.29 is 4.79 Å². The molecule has 32 heavy (non-hydrogen) atoms. The predicted octanol–water partition coefficient (Wildman–Crippen LogP) is 3.28. The van der Waals surface area contributed by atoms with Gasteiger partial charge in [-0.2, -0.15) is 0 Å². The zero-order valence-electron chi connectivity index (χ0n) is 19.7. The van der Waals surface area contributed by atoms with E-state index >= 15 is 0 Å². The normalized spacial score (nSPS) is 14.4. The summed E-state index contributed by atoms with van der Waals surface area (Å²) < 4.78 is 0. The van der Waals surface area contributed by atoms with Crippen molar-refractivity contribution in [2.45, 2.75) is 39.3 Å². The van der Waals surface area contributed by atoms with Gasteiger partial charge in [0.2, 0.25) is 0 Å². The van der Waals surface area contributed by atoms with Crippen LogP contribution in [0.25, 0.3) is 0 Å². The highest BCUT2D eigenvalue weighted by Gasteiger charge is 2.11. The van der Waals surface area contributed by atoms with Crippen molar-refractivity contribution in [1.82, 2.24) is 20.4 Å². The summed E-state index contributed by atoms with van der Waals surface area (Å²) in [6.07, 6.45) is 3.48. The molecule has 2 N–H and O–H groups in total. The highest BCUT2D eigenvalue weighted by molar-refractivity contribution is 5.94. The number of amides is 1. The molecule has 1 aliphatic heterocycles. The summed E-state index contributed by atoms with van der Waals surface area (Å²) in [4.78, 5) is 21.0. The molecule has 3 rings (SSSR count). The Labute approximate surface area is 192 Å². The first kappa shape index (κ1) is 23.8. The lowest BCUT2D eigenvalue weighted by molar-refractivity contribution is 0.0827. The Bertz CT molecular complexity index is 885. The van der Waals surface area contributed by atoms with Gasteiger partial charge >= 0.3 is 0 Å². The van der Waals surface area contributed by atoms with E-state index in [1.807, 2.05) is 18.2 Å². The van der Waals surface area contributed by atoms with Gasteiger partial charge in [0.25, 0.3) is 5.91 Å². The average molecular weight is 436 g/mol. The summed E-state index contributed by atoms with van der Waals surface area (Å²) in [7, 11) is 3.55. The van der Waals surface area contributed by atoms with Crippen LogP contribution in [-0.4, -0.2) is 61.9 Å². The second-order valence-corrected chi connectivity index (χ2v) is 8.57. The van der Waals surface area contributed by atoms with Crippen molar-refractivity contribution in [3.63, 3.8) is 0 Å². The quantitative estimate of drug-likeness (QED) is 0.469. The van der Waals surface area contributed by atoms with E-state index in [0.717, 1.165) is 43.1 Å². The van der Waals surface area contributed by atoms with Crippen molar-refractivity contribution in [2.24, 2.45) is 4.99 Å². The van der Waals surface area contributed by atoms with E-state index in [1.54, 1.807) is 19.0 Å². The summed E-state index contributed by atoms with van der Waals surface area (Å²) >= 11 is 0. The van der Waals surface area contributed by atoms with Crippen LogP contribution in [0.1, 0.15) is 46.8 Å². The van der Waals surface area contributed by atoms with Crippen LogP contribution in [0.3, 0.4) is 0 Å². The maximum absolute atomic E-state index is 12.2. The van der Waals surface area contributed by atoms with E-state index in [-0.39, 0.29) is 5.91 Å². The largest absolute Gasteiger partial charge is 0.357 e. The molecule has 6 nitrogen and oxygen atoms in total. The predicted molar refractivity (Wildman–Crippen MR) is 132 cm³/mol. The van der Waals surface area contributed by atoms with Gasteiger partial charge in [0.1, 0.15) is 0 Å². The van der Waals surface area contributed by atoms with E-state index in [9.17, 15) is 4.79 Å². The first-order chi connectivity index (χ1) is 15.5. The Morgan fingerprint density at radius 1 is 1.00 bits per heavy atom. The van der Waals surface area contributed by atoms with Gasteiger partial charge in [0.05, 0.1) is 6.54 Å². The number of rotatable bonds is 9. The Morgan fingerprint density at radius 2 is 1.72 bits per heavy atom. The number of benzene rings is 2. The second-order valence-electron chi connectivity index (χ2n) is 8.57. The minimum Gasteiger partial charge on any atom is -0.357 e. The lowest BCUT2D eigenvalue weighted by Crippen LogP contribution is -2.38. The topological polar surface area (TPSA) is 60.0 Å². The van der Waals surface area contributed by atoms with Gasteiger partial charge in [0.15, 0.2) is 5.96 Å². The molecule has 0 atom stereocenters. The molecule has 0 saturated carbocycles. The third kappa shape index (κ3) is 7.38. The van der Waals surface area contributed by atoms with Gasteiger partial charge in [-0.15, -0.1) is 0 Å². The fourth-order valence-corrected chi connectivity index (χ4v) is 3.90. The Hall–Kier alpha value is -2.86. The second kappa shape index (κ2) is 12.2. The van der Waals surface area contributed by atoms with Crippen LogP contribution >= 0.6 is 0 Å². The molecule has 2 aromatic rings. The molecular weight excluding hydrogens is 398 g/mol. The zero-order chi connectivity index (χ0) is 22.8. The SMILES string of the molecule is CCNC(=NCc1ccc(CN2CCCC2)cc1)NCCc1cccc(C(=O)N(C)C)c1. The number of carbonyl (C=O) groups is 1. The molecule has 0 spiro atoms. The fourth-order valence-electron chi connectivity index (χ4n) is 3.90. The highest BCUT2D eigenvalue weighted by Crippen LogP contribution is 2.14.